The van der Waals surface area contributed by atoms with Crippen LogP contribution in [0.4, 0.5) is 10.2 Å². The largest absolute Gasteiger partial charge is 0.393 e. The molecule has 3 aliphatic rings. The number of hydrogen-bond acceptors (Lipinski definition) is 5. The number of nitrogens with one attached hydrogen (secondary N) is 1. The van der Waals surface area contributed by atoms with Crippen molar-refractivity contribution in [3.05, 3.63) is 64.3 Å². The SMILES string of the molecule is Cn1cc([C@@H]2CCCCN2C(=O)c2cccc(-c3cnc4c(c3Cl)C3(CCC(O)CC3)CN4)c2F)cn1. The molecule has 1 spiro atoms. The summed E-state index contributed by atoms with van der Waals surface area (Å²) >= 11 is 6.99. The van der Waals surface area contributed by atoms with E-state index in [1.807, 2.05) is 13.2 Å². The summed E-state index contributed by atoms with van der Waals surface area (Å²) in [5, 5.41) is 18.2. The third-order valence-corrected chi connectivity index (χ3v) is 8.84. The van der Waals surface area contributed by atoms with Crippen LogP contribution in [0.2, 0.25) is 5.02 Å². The van der Waals surface area contributed by atoms with E-state index in [0.29, 0.717) is 36.5 Å². The van der Waals surface area contributed by atoms with Gasteiger partial charge in [0.1, 0.15) is 11.6 Å². The van der Waals surface area contributed by atoms with E-state index in [1.54, 1.807) is 40.2 Å². The molecule has 4 heterocycles. The second-order valence-corrected chi connectivity index (χ2v) is 11.1. The van der Waals surface area contributed by atoms with Crippen molar-refractivity contribution in [1.82, 2.24) is 19.7 Å². The molecule has 0 unspecified atom stereocenters. The Morgan fingerprint density at radius 2 is 2.00 bits per heavy atom. The van der Waals surface area contributed by atoms with Gasteiger partial charge in [-0.05, 0) is 51.0 Å². The van der Waals surface area contributed by atoms with Crippen LogP contribution in [0.1, 0.15) is 72.5 Å². The lowest BCUT2D eigenvalue weighted by Gasteiger charge is -2.36. The zero-order valence-corrected chi connectivity index (χ0v) is 21.6. The van der Waals surface area contributed by atoms with Gasteiger partial charge in [0.2, 0.25) is 0 Å². The number of aliphatic hydroxyl groups is 1. The highest BCUT2D eigenvalue weighted by molar-refractivity contribution is 6.34. The van der Waals surface area contributed by atoms with Crippen molar-refractivity contribution < 1.29 is 14.3 Å². The summed E-state index contributed by atoms with van der Waals surface area (Å²) in [5.41, 5.74) is 2.46. The van der Waals surface area contributed by atoms with Crippen LogP contribution in [-0.2, 0) is 12.5 Å². The molecule has 2 aromatic heterocycles. The Morgan fingerprint density at radius 1 is 1.19 bits per heavy atom. The second-order valence-electron chi connectivity index (χ2n) is 10.7. The number of carbonyl (C=O) groups is 1. The number of halogens is 2. The Bertz CT molecular complexity index is 1350. The highest BCUT2D eigenvalue weighted by Crippen LogP contribution is 2.51. The number of aromatic nitrogens is 3. The van der Waals surface area contributed by atoms with Crippen LogP contribution in [-0.4, -0.2) is 49.9 Å². The number of nitrogens with zero attached hydrogens (tertiary/aromatic N) is 4. The third-order valence-electron chi connectivity index (χ3n) is 8.44. The maximum absolute atomic E-state index is 16.1. The lowest BCUT2D eigenvalue weighted by atomic mass is 9.70. The van der Waals surface area contributed by atoms with Crippen molar-refractivity contribution in [2.75, 3.05) is 18.4 Å². The van der Waals surface area contributed by atoms with Crippen molar-refractivity contribution in [2.24, 2.45) is 7.05 Å². The van der Waals surface area contributed by atoms with Crippen LogP contribution in [0.25, 0.3) is 11.1 Å². The van der Waals surface area contributed by atoms with E-state index in [9.17, 15) is 9.90 Å². The maximum Gasteiger partial charge on any atom is 0.257 e. The molecule has 1 aromatic carbocycles. The smallest absolute Gasteiger partial charge is 0.257 e. The molecule has 3 aromatic rings. The van der Waals surface area contributed by atoms with Crippen LogP contribution < -0.4 is 5.32 Å². The number of aliphatic hydroxyl groups excluding tert-OH is 1. The normalized spacial score (nSPS) is 25.2. The molecule has 2 aliphatic heterocycles. The van der Waals surface area contributed by atoms with E-state index in [0.717, 1.165) is 49.0 Å². The first-order valence-corrected chi connectivity index (χ1v) is 13.4. The van der Waals surface area contributed by atoms with Gasteiger partial charge in [0, 0.05) is 60.2 Å². The Hall–Kier alpha value is -2.97. The number of amides is 1. The number of rotatable bonds is 3. The lowest BCUT2D eigenvalue weighted by molar-refractivity contribution is 0.0606. The zero-order valence-electron chi connectivity index (χ0n) is 20.9. The first kappa shape index (κ1) is 24.4. The van der Waals surface area contributed by atoms with Crippen molar-refractivity contribution in [3.63, 3.8) is 0 Å². The number of anilines is 1. The van der Waals surface area contributed by atoms with Gasteiger partial charge in [-0.2, -0.15) is 5.10 Å². The summed E-state index contributed by atoms with van der Waals surface area (Å²) in [7, 11) is 1.85. The zero-order chi connectivity index (χ0) is 25.7. The van der Waals surface area contributed by atoms with Crippen LogP contribution in [0, 0.1) is 5.82 Å². The van der Waals surface area contributed by atoms with Crippen LogP contribution in [0.15, 0.2) is 36.8 Å². The molecule has 0 bridgehead atoms. The monoisotopic (exact) mass is 523 g/mol. The fraction of sp³-hybridized carbons (Fsp3) is 0.464. The molecule has 1 atom stereocenters. The number of carbonyl (C=O) groups excluding carboxylic acids is 1. The molecular formula is C28H31ClFN5O2. The molecule has 2 N–H and O–H groups in total. The predicted molar refractivity (Wildman–Crippen MR) is 140 cm³/mol. The topological polar surface area (TPSA) is 83.3 Å². The molecular weight excluding hydrogens is 493 g/mol. The minimum absolute atomic E-state index is 0.0403. The van der Waals surface area contributed by atoms with E-state index in [-0.39, 0.29) is 34.6 Å². The Balaban J connectivity index is 1.37. The standard InChI is InChI=1S/C28H31ClFN5O2/c1-34-15-17(13-33-34)22-7-2-3-12-35(22)27(37)20-6-4-5-19(25(20)30)21-14-31-26-23(24(21)29)28(16-32-26)10-8-18(36)9-11-28/h4-6,13-15,18,22,36H,2-3,7-12,16H2,1H3,(H,31,32)/t18?,22-,28?/m0/s1. The molecule has 9 heteroatoms. The summed E-state index contributed by atoms with van der Waals surface area (Å²) < 4.78 is 17.8. The second kappa shape index (κ2) is 9.40. The first-order valence-electron chi connectivity index (χ1n) is 13.1. The Morgan fingerprint density at radius 3 is 2.76 bits per heavy atom. The summed E-state index contributed by atoms with van der Waals surface area (Å²) in [6.45, 7) is 1.28. The van der Waals surface area contributed by atoms with Crippen molar-refractivity contribution >= 4 is 23.3 Å². The first-order chi connectivity index (χ1) is 17.9. The van der Waals surface area contributed by atoms with Gasteiger partial charge < -0.3 is 15.3 Å². The number of benzene rings is 1. The number of piperidine rings is 1. The molecule has 194 valence electrons. The van der Waals surface area contributed by atoms with Crippen LogP contribution >= 0.6 is 11.6 Å². The van der Waals surface area contributed by atoms with Gasteiger partial charge in [0.15, 0.2) is 0 Å². The minimum atomic E-state index is -0.578. The van der Waals surface area contributed by atoms with E-state index in [4.69, 9.17) is 11.6 Å². The van der Waals surface area contributed by atoms with Gasteiger partial charge in [-0.15, -0.1) is 0 Å². The lowest BCUT2D eigenvalue weighted by Crippen LogP contribution is -2.38. The number of pyridine rings is 1. The number of likely N-dealkylation sites (tertiary alicyclic amines) is 1. The van der Waals surface area contributed by atoms with Crippen molar-refractivity contribution in [2.45, 2.75) is 62.5 Å². The summed E-state index contributed by atoms with van der Waals surface area (Å²) in [4.78, 5) is 20.1. The molecule has 37 heavy (non-hydrogen) atoms. The summed E-state index contributed by atoms with van der Waals surface area (Å²) in [6, 6.07) is 4.80. The van der Waals surface area contributed by atoms with Gasteiger partial charge in [0.05, 0.1) is 28.9 Å². The van der Waals surface area contributed by atoms with Crippen LogP contribution in [0.5, 0.6) is 0 Å². The average molecular weight is 524 g/mol. The highest BCUT2D eigenvalue weighted by Gasteiger charge is 2.44. The molecule has 6 rings (SSSR count). The van der Waals surface area contributed by atoms with Gasteiger partial charge in [0.25, 0.3) is 5.91 Å². The van der Waals surface area contributed by atoms with E-state index in [1.165, 1.54) is 0 Å². The molecule has 7 nitrogen and oxygen atoms in total. The van der Waals surface area contributed by atoms with Gasteiger partial charge >= 0.3 is 0 Å². The summed E-state index contributed by atoms with van der Waals surface area (Å²) in [6.07, 6.45) is 10.7. The molecule has 1 saturated carbocycles. The maximum atomic E-state index is 16.1. The van der Waals surface area contributed by atoms with Crippen molar-refractivity contribution in [1.29, 1.82) is 0 Å². The molecule has 0 radical (unpaired) electrons. The van der Waals surface area contributed by atoms with E-state index >= 15 is 4.39 Å². The van der Waals surface area contributed by atoms with Gasteiger partial charge in [-0.3, -0.25) is 9.48 Å². The minimum Gasteiger partial charge on any atom is -0.393 e. The van der Waals surface area contributed by atoms with Crippen molar-refractivity contribution in [3.8, 4) is 11.1 Å². The number of aryl methyl sites for hydroxylation is 1. The number of hydrogen-bond donors (Lipinski definition) is 2. The third kappa shape index (κ3) is 4.10. The van der Waals surface area contributed by atoms with E-state index < -0.39 is 5.82 Å². The average Bonchev–Trinajstić information content (AvgIpc) is 3.50. The Kier molecular flexibility index (Phi) is 6.19. The molecule has 1 amide bonds. The molecule has 1 aliphatic carbocycles. The number of fused-ring (bicyclic) bond motifs is 2. The summed E-state index contributed by atoms with van der Waals surface area (Å²) in [5.74, 6) is -0.173. The predicted octanol–water partition coefficient (Wildman–Crippen LogP) is 5.24. The fourth-order valence-electron chi connectivity index (χ4n) is 6.41. The highest BCUT2D eigenvalue weighted by atomic mass is 35.5. The Labute approximate surface area is 220 Å². The molecule has 2 fully saturated rings. The molecule has 1 saturated heterocycles. The van der Waals surface area contributed by atoms with Gasteiger partial charge in [-0.25, -0.2) is 9.37 Å². The quantitative estimate of drug-likeness (QED) is 0.490. The van der Waals surface area contributed by atoms with Gasteiger partial charge in [-0.1, -0.05) is 23.7 Å². The van der Waals surface area contributed by atoms with E-state index in [2.05, 4.69) is 15.4 Å². The fourth-order valence-corrected chi connectivity index (χ4v) is 6.85. The van der Waals surface area contributed by atoms with Crippen LogP contribution in [0.3, 0.4) is 0 Å².